The molecule has 3 atom stereocenters. The summed E-state index contributed by atoms with van der Waals surface area (Å²) in [6, 6.07) is 58.2. The van der Waals surface area contributed by atoms with E-state index in [9.17, 15) is 0 Å². The summed E-state index contributed by atoms with van der Waals surface area (Å²) in [7, 11) is 0. The lowest BCUT2D eigenvalue weighted by atomic mass is 9.81. The van der Waals surface area contributed by atoms with Crippen LogP contribution in [0.1, 0.15) is 106 Å². The molecule has 0 heterocycles. The van der Waals surface area contributed by atoms with Crippen LogP contribution in [0.3, 0.4) is 0 Å². The standard InChI is InChI=1S/C56H53N/c1-56(2)53-34-45(40-21-19-39(20-22-40)38-11-5-3-6-12-38)25-29-49(53)50-30-28-48(36-54(50)56)57(47-26-23-42(24-27-47)51-32-37-17-18-46(51)31-37)55-35-44-16-10-9-15-43(44)33-52(55)41-13-7-4-8-14-41/h3,5-6,9-12,15-16,19-30,33-37,41,46,51H,4,7-8,13-14,17-18,31-32H2,1-2H3. The monoisotopic (exact) mass is 739 g/mol. The summed E-state index contributed by atoms with van der Waals surface area (Å²) in [4.78, 5) is 2.63. The highest BCUT2D eigenvalue weighted by atomic mass is 15.1. The normalized spacial score (nSPS) is 20.8. The Bertz CT molecular complexity index is 2590. The number of benzene rings is 7. The smallest absolute Gasteiger partial charge is 0.0502 e. The molecule has 7 aromatic rings. The first-order valence-corrected chi connectivity index (χ1v) is 21.9. The van der Waals surface area contributed by atoms with Gasteiger partial charge in [0.2, 0.25) is 0 Å². The minimum atomic E-state index is -0.145. The van der Waals surface area contributed by atoms with Gasteiger partial charge in [0.1, 0.15) is 0 Å². The molecule has 1 nitrogen and oxygen atoms in total. The minimum absolute atomic E-state index is 0.145. The van der Waals surface area contributed by atoms with E-state index in [0.717, 1.165) is 17.8 Å². The minimum Gasteiger partial charge on any atom is -0.310 e. The molecule has 0 aromatic heterocycles. The van der Waals surface area contributed by atoms with E-state index in [4.69, 9.17) is 0 Å². The molecular formula is C56H53N. The van der Waals surface area contributed by atoms with Crippen LogP contribution < -0.4 is 4.90 Å². The summed E-state index contributed by atoms with van der Waals surface area (Å²) in [5, 5.41) is 2.67. The Kier molecular flexibility index (Phi) is 8.50. The highest BCUT2D eigenvalue weighted by molar-refractivity contribution is 5.93. The lowest BCUT2D eigenvalue weighted by Crippen LogP contribution is -2.18. The molecule has 3 unspecified atom stereocenters. The fourth-order valence-corrected chi connectivity index (χ4v) is 11.7. The van der Waals surface area contributed by atoms with Crippen LogP contribution >= 0.6 is 0 Å². The van der Waals surface area contributed by atoms with Crippen LogP contribution in [0.4, 0.5) is 17.1 Å². The van der Waals surface area contributed by atoms with Crippen LogP contribution in [0.15, 0.2) is 152 Å². The van der Waals surface area contributed by atoms with Gasteiger partial charge in [-0.1, -0.05) is 149 Å². The zero-order valence-corrected chi connectivity index (χ0v) is 33.6. The Balaban J connectivity index is 1.01. The molecule has 4 aliphatic carbocycles. The molecule has 0 radical (unpaired) electrons. The molecule has 3 fully saturated rings. The fourth-order valence-electron chi connectivity index (χ4n) is 11.7. The highest BCUT2D eigenvalue weighted by Crippen LogP contribution is 2.55. The second-order valence-electron chi connectivity index (χ2n) is 18.4. The maximum Gasteiger partial charge on any atom is 0.0502 e. The third kappa shape index (κ3) is 6.05. The van der Waals surface area contributed by atoms with Gasteiger partial charge in [-0.25, -0.2) is 0 Å². The maximum atomic E-state index is 2.63. The van der Waals surface area contributed by atoms with Gasteiger partial charge in [-0.3, -0.25) is 0 Å². The Labute approximate surface area is 339 Å². The van der Waals surface area contributed by atoms with Crippen molar-refractivity contribution < 1.29 is 0 Å². The average Bonchev–Trinajstić information content (AvgIpc) is 3.97. The zero-order valence-electron chi connectivity index (χ0n) is 33.6. The van der Waals surface area contributed by atoms with Crippen molar-refractivity contribution in [1.82, 2.24) is 0 Å². The van der Waals surface area contributed by atoms with Gasteiger partial charge in [0.05, 0.1) is 5.69 Å². The molecule has 3 saturated carbocycles. The Morgan fingerprint density at radius 1 is 0.491 bits per heavy atom. The summed E-state index contributed by atoms with van der Waals surface area (Å²) in [6.45, 7) is 4.86. The molecule has 2 bridgehead atoms. The summed E-state index contributed by atoms with van der Waals surface area (Å²) in [6.07, 6.45) is 12.2. The zero-order chi connectivity index (χ0) is 38.1. The predicted molar refractivity (Wildman–Crippen MR) is 241 cm³/mol. The van der Waals surface area contributed by atoms with Gasteiger partial charge >= 0.3 is 0 Å². The van der Waals surface area contributed by atoms with Crippen LogP contribution in [0.2, 0.25) is 0 Å². The van der Waals surface area contributed by atoms with Gasteiger partial charge in [-0.15, -0.1) is 0 Å². The van der Waals surface area contributed by atoms with Gasteiger partial charge < -0.3 is 4.90 Å². The fraction of sp³-hybridized carbons (Fsp3) is 0.286. The van der Waals surface area contributed by atoms with Crippen molar-refractivity contribution >= 4 is 27.8 Å². The van der Waals surface area contributed by atoms with Crippen molar-refractivity contribution in [2.24, 2.45) is 11.8 Å². The molecule has 282 valence electrons. The van der Waals surface area contributed by atoms with E-state index in [0.29, 0.717) is 5.92 Å². The van der Waals surface area contributed by atoms with Crippen LogP contribution in [0, 0.1) is 11.8 Å². The van der Waals surface area contributed by atoms with Gasteiger partial charge in [0.15, 0.2) is 0 Å². The van der Waals surface area contributed by atoms with E-state index in [1.54, 1.807) is 5.56 Å². The first-order valence-electron chi connectivity index (χ1n) is 21.9. The molecule has 0 aliphatic heterocycles. The highest BCUT2D eigenvalue weighted by Gasteiger charge is 2.40. The van der Waals surface area contributed by atoms with Gasteiger partial charge in [0.25, 0.3) is 0 Å². The van der Waals surface area contributed by atoms with Crippen LogP contribution in [0.25, 0.3) is 44.2 Å². The number of hydrogen-bond acceptors (Lipinski definition) is 1. The lowest BCUT2D eigenvalue weighted by Gasteiger charge is -2.33. The number of hydrogen-bond donors (Lipinski definition) is 0. The van der Waals surface area contributed by atoms with Gasteiger partial charge in [0, 0.05) is 16.8 Å². The summed E-state index contributed by atoms with van der Waals surface area (Å²) < 4.78 is 0. The van der Waals surface area contributed by atoms with Crippen molar-refractivity contribution in [2.45, 2.75) is 88.9 Å². The number of rotatable bonds is 7. The Morgan fingerprint density at radius 3 is 1.81 bits per heavy atom. The quantitative estimate of drug-likeness (QED) is 0.157. The van der Waals surface area contributed by atoms with Crippen molar-refractivity contribution in [3.8, 4) is 33.4 Å². The topological polar surface area (TPSA) is 3.24 Å². The number of anilines is 3. The number of nitrogens with zero attached hydrogens (tertiary/aromatic N) is 1. The molecule has 57 heavy (non-hydrogen) atoms. The largest absolute Gasteiger partial charge is 0.310 e. The predicted octanol–water partition coefficient (Wildman–Crippen LogP) is 15.9. The second kappa shape index (κ2) is 13.9. The van der Waals surface area contributed by atoms with Gasteiger partial charge in [-0.05, 0) is 165 Å². The lowest BCUT2D eigenvalue weighted by molar-refractivity contribution is 0.420. The van der Waals surface area contributed by atoms with Crippen molar-refractivity contribution in [1.29, 1.82) is 0 Å². The SMILES string of the molecule is CC1(C)c2cc(-c3ccc(-c4ccccc4)cc3)ccc2-c2ccc(N(c3ccc(C4CC5CCC4C5)cc3)c3cc4ccccc4cc3C3CCCCC3)cc21. The summed E-state index contributed by atoms with van der Waals surface area (Å²) in [5.41, 5.74) is 17.4. The maximum absolute atomic E-state index is 2.63. The van der Waals surface area contributed by atoms with Crippen LogP contribution in [-0.4, -0.2) is 0 Å². The van der Waals surface area contributed by atoms with Crippen LogP contribution in [0.5, 0.6) is 0 Å². The molecule has 0 spiro atoms. The Morgan fingerprint density at radius 2 is 1.11 bits per heavy atom. The van der Waals surface area contributed by atoms with E-state index in [2.05, 4.69) is 170 Å². The van der Waals surface area contributed by atoms with E-state index >= 15 is 0 Å². The van der Waals surface area contributed by atoms with Crippen molar-refractivity contribution in [3.63, 3.8) is 0 Å². The molecule has 7 aromatic carbocycles. The molecular weight excluding hydrogens is 687 g/mol. The summed E-state index contributed by atoms with van der Waals surface area (Å²) >= 11 is 0. The average molecular weight is 740 g/mol. The van der Waals surface area contributed by atoms with Crippen molar-refractivity contribution in [2.75, 3.05) is 4.90 Å². The third-order valence-corrected chi connectivity index (χ3v) is 14.7. The first-order chi connectivity index (χ1) is 28.0. The molecule has 4 aliphatic rings. The Hall–Kier alpha value is -5.40. The molecule has 0 N–H and O–H groups in total. The third-order valence-electron chi connectivity index (χ3n) is 14.7. The first kappa shape index (κ1) is 34.8. The molecule has 1 heteroatoms. The van der Waals surface area contributed by atoms with Crippen LogP contribution in [-0.2, 0) is 5.41 Å². The summed E-state index contributed by atoms with van der Waals surface area (Å²) in [5.74, 6) is 3.13. The van der Waals surface area contributed by atoms with E-state index in [-0.39, 0.29) is 5.41 Å². The van der Waals surface area contributed by atoms with Crippen molar-refractivity contribution in [3.05, 3.63) is 174 Å². The number of fused-ring (bicyclic) bond motifs is 6. The van der Waals surface area contributed by atoms with E-state index in [1.165, 1.54) is 136 Å². The molecule has 0 saturated heterocycles. The molecule has 11 rings (SSSR count). The van der Waals surface area contributed by atoms with E-state index < -0.39 is 0 Å². The molecule has 0 amide bonds. The van der Waals surface area contributed by atoms with Gasteiger partial charge in [-0.2, -0.15) is 0 Å². The van der Waals surface area contributed by atoms with E-state index in [1.807, 2.05) is 0 Å². The second-order valence-corrected chi connectivity index (χ2v) is 18.4.